The molecule has 2 N–H and O–H groups in total. The van der Waals surface area contributed by atoms with E-state index in [0.29, 0.717) is 6.42 Å². The van der Waals surface area contributed by atoms with E-state index in [0.717, 1.165) is 23.0 Å². The first-order valence-electron chi connectivity index (χ1n) is 6.31. The molecule has 0 saturated heterocycles. The maximum atomic E-state index is 11.9. The van der Waals surface area contributed by atoms with Crippen LogP contribution in [0.25, 0.3) is 10.9 Å². The number of aromatic nitrogens is 2. The molecule has 4 nitrogen and oxygen atoms in total. The van der Waals surface area contributed by atoms with Gasteiger partial charge in [-0.05, 0) is 30.7 Å². The van der Waals surface area contributed by atoms with Crippen molar-refractivity contribution in [2.45, 2.75) is 12.8 Å². The van der Waals surface area contributed by atoms with Crippen molar-refractivity contribution >= 4 is 16.8 Å². The van der Waals surface area contributed by atoms with Gasteiger partial charge in [-0.1, -0.05) is 18.2 Å². The molecule has 3 aromatic rings. The zero-order chi connectivity index (χ0) is 13.1. The number of fused-ring (bicyclic) bond motifs is 1. The van der Waals surface area contributed by atoms with Crippen molar-refractivity contribution in [3.05, 3.63) is 60.6 Å². The minimum absolute atomic E-state index is 0.0101. The Balaban J connectivity index is 1.66. The highest BCUT2D eigenvalue weighted by Gasteiger charge is 2.05. The fourth-order valence-corrected chi connectivity index (χ4v) is 2.14. The molecule has 96 valence electrons. The predicted octanol–water partition coefficient (Wildman–Crippen LogP) is 2.67. The summed E-state index contributed by atoms with van der Waals surface area (Å²) in [6.45, 7) is 0. The molecule has 4 heteroatoms. The smallest absolute Gasteiger partial charge is 0.239 e. The molecule has 0 radical (unpaired) electrons. The van der Waals surface area contributed by atoms with Gasteiger partial charge in [-0.3, -0.25) is 14.9 Å². The highest BCUT2D eigenvalue weighted by molar-refractivity contribution is 5.87. The quantitative estimate of drug-likeness (QED) is 0.738. The molecule has 0 atom stereocenters. The summed E-state index contributed by atoms with van der Waals surface area (Å²) in [6, 6.07) is 13.9. The minimum atomic E-state index is 0.0101. The van der Waals surface area contributed by atoms with Crippen molar-refractivity contribution in [3.63, 3.8) is 0 Å². The summed E-state index contributed by atoms with van der Waals surface area (Å²) in [5, 5.41) is 1.12. The summed E-state index contributed by atoms with van der Waals surface area (Å²) in [7, 11) is 0. The first-order valence-corrected chi connectivity index (χ1v) is 6.31. The Morgan fingerprint density at radius 3 is 2.89 bits per heavy atom. The summed E-state index contributed by atoms with van der Waals surface area (Å²) in [4.78, 5) is 15.0. The van der Waals surface area contributed by atoms with Gasteiger partial charge in [0.1, 0.15) is 0 Å². The zero-order valence-electron chi connectivity index (χ0n) is 10.5. The Morgan fingerprint density at radius 2 is 2.05 bits per heavy atom. The molecular formula is C15H15N3O. The number of hydrogen-bond donors (Lipinski definition) is 2. The summed E-state index contributed by atoms with van der Waals surface area (Å²) in [5.41, 5.74) is 4.98. The number of rotatable bonds is 4. The zero-order valence-corrected chi connectivity index (χ0v) is 10.5. The first kappa shape index (κ1) is 11.6. The van der Waals surface area contributed by atoms with E-state index in [1.807, 2.05) is 54.9 Å². The molecule has 0 saturated carbocycles. The van der Waals surface area contributed by atoms with Crippen molar-refractivity contribution < 1.29 is 4.79 Å². The van der Waals surface area contributed by atoms with Crippen LogP contribution >= 0.6 is 0 Å². The monoisotopic (exact) mass is 253 g/mol. The average Bonchev–Trinajstić information content (AvgIpc) is 3.07. The number of nitrogens with one attached hydrogen (secondary N) is 2. The summed E-state index contributed by atoms with van der Waals surface area (Å²) >= 11 is 0. The Bertz CT molecular complexity index is 682. The van der Waals surface area contributed by atoms with Crippen LogP contribution in [0.1, 0.15) is 12.1 Å². The fraction of sp³-hybridized carbons (Fsp3) is 0.133. The topological polar surface area (TPSA) is 49.8 Å². The van der Waals surface area contributed by atoms with Crippen LogP contribution in [-0.4, -0.2) is 15.6 Å². The molecule has 0 unspecified atom stereocenters. The van der Waals surface area contributed by atoms with E-state index in [4.69, 9.17) is 0 Å². The van der Waals surface area contributed by atoms with Gasteiger partial charge >= 0.3 is 0 Å². The number of aryl methyl sites for hydroxylation is 1. The third kappa shape index (κ3) is 2.52. The molecule has 0 fully saturated rings. The number of benzene rings is 1. The highest BCUT2D eigenvalue weighted by Crippen LogP contribution is 2.13. The molecule has 19 heavy (non-hydrogen) atoms. The van der Waals surface area contributed by atoms with E-state index in [-0.39, 0.29) is 5.91 Å². The van der Waals surface area contributed by atoms with Crippen LogP contribution in [0.5, 0.6) is 0 Å². The highest BCUT2D eigenvalue weighted by atomic mass is 16.2. The van der Waals surface area contributed by atoms with Gasteiger partial charge in [0, 0.05) is 29.9 Å². The van der Waals surface area contributed by atoms with Gasteiger partial charge in [-0.25, -0.2) is 0 Å². The Labute approximate surface area is 111 Å². The number of H-pyrrole nitrogens is 1. The molecule has 0 spiro atoms. The fourth-order valence-electron chi connectivity index (χ4n) is 2.14. The van der Waals surface area contributed by atoms with Crippen LogP contribution in [0.4, 0.5) is 0 Å². The summed E-state index contributed by atoms with van der Waals surface area (Å²) in [6.07, 6.45) is 4.93. The number of hydrogen-bond acceptors (Lipinski definition) is 1. The number of carbonyl (C=O) groups excluding carboxylic acids is 1. The number of para-hydroxylation sites is 1. The standard InChI is InChI=1S/C15H15N3O/c19-15(8-7-13-5-3-10-16-13)17-18-11-9-12-4-1-2-6-14(12)18/h1-6,9-11,16H,7-8H2,(H,17,19). The lowest BCUT2D eigenvalue weighted by Gasteiger charge is -2.07. The van der Waals surface area contributed by atoms with Crippen molar-refractivity contribution in [2.75, 3.05) is 5.43 Å². The lowest BCUT2D eigenvalue weighted by Crippen LogP contribution is -2.22. The predicted molar refractivity (Wildman–Crippen MR) is 75.4 cm³/mol. The van der Waals surface area contributed by atoms with Crippen LogP contribution in [0.2, 0.25) is 0 Å². The Hall–Kier alpha value is -2.49. The number of amides is 1. The van der Waals surface area contributed by atoms with Gasteiger partial charge in [0.2, 0.25) is 5.91 Å². The number of aromatic amines is 1. The van der Waals surface area contributed by atoms with E-state index in [1.165, 1.54) is 0 Å². The third-order valence-electron chi connectivity index (χ3n) is 3.13. The van der Waals surface area contributed by atoms with Gasteiger partial charge in [0.25, 0.3) is 0 Å². The first-order chi connectivity index (χ1) is 9.33. The summed E-state index contributed by atoms with van der Waals surface area (Å²) in [5.74, 6) is 0.0101. The molecule has 2 aromatic heterocycles. The van der Waals surface area contributed by atoms with Crippen molar-refractivity contribution in [1.82, 2.24) is 9.66 Å². The second-order valence-corrected chi connectivity index (χ2v) is 4.47. The number of carbonyl (C=O) groups is 1. The van der Waals surface area contributed by atoms with Gasteiger partial charge in [0.15, 0.2) is 0 Å². The number of nitrogens with zero attached hydrogens (tertiary/aromatic N) is 1. The van der Waals surface area contributed by atoms with E-state index in [2.05, 4.69) is 10.4 Å². The van der Waals surface area contributed by atoms with Crippen LogP contribution in [0, 0.1) is 0 Å². The maximum Gasteiger partial charge on any atom is 0.239 e. The molecule has 0 aliphatic carbocycles. The molecule has 0 bridgehead atoms. The van der Waals surface area contributed by atoms with Gasteiger partial charge < -0.3 is 4.98 Å². The second kappa shape index (κ2) is 5.02. The summed E-state index contributed by atoms with van der Waals surface area (Å²) < 4.78 is 1.77. The van der Waals surface area contributed by atoms with E-state index in [9.17, 15) is 4.79 Å². The van der Waals surface area contributed by atoms with Crippen molar-refractivity contribution in [3.8, 4) is 0 Å². The minimum Gasteiger partial charge on any atom is -0.365 e. The SMILES string of the molecule is O=C(CCc1ccc[nH]1)Nn1ccc2ccccc21. The maximum absolute atomic E-state index is 11.9. The van der Waals surface area contributed by atoms with Crippen molar-refractivity contribution in [1.29, 1.82) is 0 Å². The normalized spacial score (nSPS) is 10.7. The lowest BCUT2D eigenvalue weighted by molar-refractivity contribution is -0.117. The molecule has 2 heterocycles. The van der Waals surface area contributed by atoms with Gasteiger partial charge in [-0.2, -0.15) is 0 Å². The molecule has 1 amide bonds. The lowest BCUT2D eigenvalue weighted by atomic mass is 10.2. The van der Waals surface area contributed by atoms with E-state index >= 15 is 0 Å². The van der Waals surface area contributed by atoms with Gasteiger partial charge in [0.05, 0.1) is 5.52 Å². The molecule has 3 rings (SSSR count). The second-order valence-electron chi connectivity index (χ2n) is 4.47. The van der Waals surface area contributed by atoms with Crippen LogP contribution < -0.4 is 5.43 Å². The van der Waals surface area contributed by atoms with Crippen molar-refractivity contribution in [2.24, 2.45) is 0 Å². The molecule has 0 aliphatic heterocycles. The molecule has 1 aromatic carbocycles. The van der Waals surface area contributed by atoms with Crippen LogP contribution in [0.3, 0.4) is 0 Å². The molecular weight excluding hydrogens is 238 g/mol. The largest absolute Gasteiger partial charge is 0.365 e. The Kier molecular flexibility index (Phi) is 3.06. The third-order valence-corrected chi connectivity index (χ3v) is 3.13. The molecule has 0 aliphatic rings. The average molecular weight is 253 g/mol. The van der Waals surface area contributed by atoms with E-state index < -0.39 is 0 Å². The van der Waals surface area contributed by atoms with E-state index in [1.54, 1.807) is 4.68 Å². The Morgan fingerprint density at radius 1 is 1.16 bits per heavy atom. The van der Waals surface area contributed by atoms with Crippen LogP contribution in [-0.2, 0) is 11.2 Å². The van der Waals surface area contributed by atoms with Crippen LogP contribution in [0.15, 0.2) is 54.9 Å². The van der Waals surface area contributed by atoms with Gasteiger partial charge in [-0.15, -0.1) is 0 Å².